The van der Waals surface area contributed by atoms with E-state index in [1.165, 1.54) is 17.4 Å². The monoisotopic (exact) mass is 514 g/mol. The van der Waals surface area contributed by atoms with Crippen LogP contribution in [0.15, 0.2) is 30.3 Å². The van der Waals surface area contributed by atoms with Gasteiger partial charge in [0.2, 0.25) is 0 Å². The molecule has 2 saturated heterocycles. The number of ether oxygens (including phenoxy) is 1. The third kappa shape index (κ3) is 4.85. The molecule has 0 bridgehead atoms. The minimum atomic E-state index is -0.397. The van der Waals surface area contributed by atoms with Gasteiger partial charge in [-0.2, -0.15) is 0 Å². The molecule has 2 aliphatic rings. The lowest BCUT2D eigenvalue weighted by Gasteiger charge is -2.28. The van der Waals surface area contributed by atoms with Gasteiger partial charge in [0.15, 0.2) is 5.13 Å². The number of carbonyl (C=O) groups excluding carboxylic acids is 1. The van der Waals surface area contributed by atoms with Crippen molar-refractivity contribution in [1.29, 1.82) is 0 Å². The summed E-state index contributed by atoms with van der Waals surface area (Å²) in [5.41, 5.74) is 2.52. The quantitative estimate of drug-likeness (QED) is 0.297. The first-order chi connectivity index (χ1) is 16.9. The van der Waals surface area contributed by atoms with Crippen molar-refractivity contribution in [3.8, 4) is 0 Å². The summed E-state index contributed by atoms with van der Waals surface area (Å²) >= 11 is 7.78. The molecule has 1 unspecified atom stereocenters. The molecule has 2 fully saturated rings. The van der Waals surface area contributed by atoms with Crippen molar-refractivity contribution in [2.24, 2.45) is 0 Å². The molecule has 0 radical (unpaired) electrons. The lowest BCUT2D eigenvalue weighted by molar-refractivity contribution is -0.384. The smallest absolute Gasteiger partial charge is 0.293 e. The van der Waals surface area contributed by atoms with Gasteiger partial charge in [0.1, 0.15) is 5.69 Å². The Labute approximate surface area is 212 Å². The molecule has 0 saturated carbocycles. The Balaban J connectivity index is 1.53. The van der Waals surface area contributed by atoms with Crippen molar-refractivity contribution < 1.29 is 14.5 Å². The second-order valence-electron chi connectivity index (χ2n) is 9.10. The number of aryl methyl sites for hydroxylation is 1. The van der Waals surface area contributed by atoms with Crippen LogP contribution in [0.25, 0.3) is 10.2 Å². The van der Waals surface area contributed by atoms with Gasteiger partial charge in [0.05, 0.1) is 32.8 Å². The normalized spacial score (nSPS) is 18.2. The number of aromatic nitrogens is 1. The number of halogens is 1. The van der Waals surface area contributed by atoms with Gasteiger partial charge < -0.3 is 9.64 Å². The van der Waals surface area contributed by atoms with E-state index in [4.69, 9.17) is 21.3 Å². The molecule has 1 atom stereocenters. The van der Waals surface area contributed by atoms with Crippen LogP contribution in [0.4, 0.5) is 16.5 Å². The molecular weight excluding hydrogens is 488 g/mol. The number of thiazole rings is 1. The van der Waals surface area contributed by atoms with E-state index in [2.05, 4.69) is 0 Å². The maximum atomic E-state index is 13.8. The van der Waals surface area contributed by atoms with Crippen LogP contribution in [0.2, 0.25) is 5.02 Å². The fourth-order valence-electron chi connectivity index (χ4n) is 4.81. The Bertz CT molecular complexity index is 1230. The van der Waals surface area contributed by atoms with Crippen LogP contribution >= 0.6 is 22.9 Å². The Morgan fingerprint density at radius 1 is 1.26 bits per heavy atom. The summed E-state index contributed by atoms with van der Waals surface area (Å²) in [4.78, 5) is 33.8. The van der Waals surface area contributed by atoms with E-state index in [0.29, 0.717) is 29.0 Å². The highest BCUT2D eigenvalue weighted by molar-refractivity contribution is 7.23. The lowest BCUT2D eigenvalue weighted by atomic mass is 10.1. The molecule has 2 aromatic carbocycles. The number of amides is 1. The molecule has 0 aliphatic carbocycles. The van der Waals surface area contributed by atoms with Crippen LogP contribution in [0.3, 0.4) is 0 Å². The summed E-state index contributed by atoms with van der Waals surface area (Å²) in [6.07, 6.45) is 4.82. The van der Waals surface area contributed by atoms with Crippen molar-refractivity contribution in [2.45, 2.75) is 45.1 Å². The number of nitrogens with zero attached hydrogens (tertiary/aromatic N) is 4. The number of anilines is 2. The topological polar surface area (TPSA) is 88.8 Å². The zero-order valence-electron chi connectivity index (χ0n) is 19.5. The zero-order valence-corrected chi connectivity index (χ0v) is 21.1. The van der Waals surface area contributed by atoms with Gasteiger partial charge in [-0.05, 0) is 62.8 Å². The molecule has 8 nitrogen and oxygen atoms in total. The predicted octanol–water partition coefficient (Wildman–Crippen LogP) is 5.98. The van der Waals surface area contributed by atoms with Crippen LogP contribution in [0.5, 0.6) is 0 Å². The number of nitro benzene ring substituents is 1. The van der Waals surface area contributed by atoms with Gasteiger partial charge in [-0.3, -0.25) is 19.8 Å². The van der Waals surface area contributed by atoms with E-state index in [-0.39, 0.29) is 23.3 Å². The average molecular weight is 515 g/mol. The first-order valence-electron chi connectivity index (χ1n) is 11.9. The summed E-state index contributed by atoms with van der Waals surface area (Å²) in [6, 6.07) is 8.53. The highest BCUT2D eigenvalue weighted by atomic mass is 35.5. The first kappa shape index (κ1) is 24.0. The summed E-state index contributed by atoms with van der Waals surface area (Å²) in [7, 11) is 0. The maximum absolute atomic E-state index is 13.8. The lowest BCUT2D eigenvalue weighted by Crippen LogP contribution is -2.37. The molecule has 1 aromatic heterocycles. The molecule has 3 heterocycles. The number of rotatable bonds is 6. The fraction of sp³-hybridized carbons (Fsp3) is 0.440. The molecule has 0 N–H and O–H groups in total. The second kappa shape index (κ2) is 10.1. The number of benzene rings is 2. The van der Waals surface area contributed by atoms with Crippen molar-refractivity contribution in [3.63, 3.8) is 0 Å². The van der Waals surface area contributed by atoms with Crippen LogP contribution in [-0.4, -0.2) is 48.2 Å². The number of hydrogen-bond donors (Lipinski definition) is 0. The van der Waals surface area contributed by atoms with Crippen LogP contribution in [0, 0.1) is 17.0 Å². The minimum Gasteiger partial charge on any atom is -0.376 e. The third-order valence-corrected chi connectivity index (χ3v) is 8.23. The Kier molecular flexibility index (Phi) is 6.91. The number of hydrogen-bond acceptors (Lipinski definition) is 7. The molecular formula is C25H27ClN4O4S. The summed E-state index contributed by atoms with van der Waals surface area (Å²) < 4.78 is 6.63. The standard InChI is InChI=1S/C25H27ClN4O4S/c1-16-7-9-19(26)23-22(16)27-25(35-23)29(15-18-6-5-13-34-18)24(31)17-8-10-20(21(14-17)30(32)33)28-11-3-2-4-12-28/h7-10,14,18H,2-6,11-13,15H2,1H3. The SMILES string of the molecule is Cc1ccc(Cl)c2sc(N(CC3CCCO3)C(=O)c3ccc(N4CCCCC4)c([N+](=O)[O-])c3)nc12. The van der Waals surface area contributed by atoms with Gasteiger partial charge in [0.25, 0.3) is 11.6 Å². The van der Waals surface area contributed by atoms with Crippen LogP contribution in [0.1, 0.15) is 48.0 Å². The summed E-state index contributed by atoms with van der Waals surface area (Å²) in [5.74, 6) is -0.332. The summed E-state index contributed by atoms with van der Waals surface area (Å²) in [6.45, 7) is 4.51. The van der Waals surface area contributed by atoms with Gasteiger partial charge >= 0.3 is 0 Å². The Morgan fingerprint density at radius 2 is 2.06 bits per heavy atom. The van der Waals surface area contributed by atoms with Crippen molar-refractivity contribution in [2.75, 3.05) is 36.0 Å². The van der Waals surface area contributed by atoms with Gasteiger partial charge in [0, 0.05) is 31.3 Å². The number of fused-ring (bicyclic) bond motifs is 1. The Morgan fingerprint density at radius 3 is 2.74 bits per heavy atom. The van der Waals surface area contributed by atoms with E-state index in [1.807, 2.05) is 24.0 Å². The molecule has 0 spiro atoms. The highest BCUT2D eigenvalue weighted by Gasteiger charge is 2.30. The van der Waals surface area contributed by atoms with Crippen molar-refractivity contribution in [1.82, 2.24) is 4.98 Å². The van der Waals surface area contributed by atoms with Gasteiger partial charge in [-0.1, -0.05) is 29.0 Å². The summed E-state index contributed by atoms with van der Waals surface area (Å²) in [5, 5.41) is 13.1. The minimum absolute atomic E-state index is 0.0435. The van der Waals surface area contributed by atoms with E-state index >= 15 is 0 Å². The van der Waals surface area contributed by atoms with E-state index in [1.54, 1.807) is 17.0 Å². The van der Waals surface area contributed by atoms with E-state index in [9.17, 15) is 14.9 Å². The predicted molar refractivity (Wildman–Crippen MR) is 139 cm³/mol. The van der Waals surface area contributed by atoms with Gasteiger partial charge in [-0.15, -0.1) is 0 Å². The molecule has 2 aliphatic heterocycles. The van der Waals surface area contributed by atoms with E-state index in [0.717, 1.165) is 61.0 Å². The molecule has 1 amide bonds. The second-order valence-corrected chi connectivity index (χ2v) is 10.5. The molecule has 35 heavy (non-hydrogen) atoms. The Hall–Kier alpha value is -2.75. The first-order valence-corrected chi connectivity index (χ1v) is 13.1. The van der Waals surface area contributed by atoms with Crippen molar-refractivity contribution >= 4 is 55.6 Å². The third-order valence-electron chi connectivity index (χ3n) is 6.69. The van der Waals surface area contributed by atoms with E-state index < -0.39 is 4.92 Å². The van der Waals surface area contributed by atoms with Gasteiger partial charge in [-0.25, -0.2) is 4.98 Å². The molecule has 10 heteroatoms. The van der Waals surface area contributed by atoms with Crippen LogP contribution in [-0.2, 0) is 4.74 Å². The number of carbonyl (C=O) groups is 1. The highest BCUT2D eigenvalue weighted by Crippen LogP contribution is 2.37. The maximum Gasteiger partial charge on any atom is 0.293 e. The van der Waals surface area contributed by atoms with Crippen LogP contribution < -0.4 is 9.80 Å². The molecule has 5 rings (SSSR count). The largest absolute Gasteiger partial charge is 0.376 e. The zero-order chi connectivity index (χ0) is 24.5. The molecule has 184 valence electrons. The molecule has 3 aromatic rings. The fourth-order valence-corrected chi connectivity index (χ4v) is 6.13. The number of nitro groups is 1. The van der Waals surface area contributed by atoms with Crippen molar-refractivity contribution in [3.05, 3.63) is 56.6 Å². The average Bonchev–Trinajstić information content (AvgIpc) is 3.55. The number of piperidine rings is 1.